The molecule has 0 aliphatic carbocycles. The average Bonchev–Trinajstić information content (AvgIpc) is 2.36. The molecule has 122 valence electrons. The van der Waals surface area contributed by atoms with E-state index < -0.39 is 18.8 Å². The Balaban J connectivity index is 2.63. The van der Waals surface area contributed by atoms with Gasteiger partial charge in [-0.2, -0.15) is 0 Å². The molecule has 1 unspecified atom stereocenters. The summed E-state index contributed by atoms with van der Waals surface area (Å²) in [6.45, 7) is 7.45. The number of aromatic nitrogens is 1. The SMILES string of the molecule is CC(CN(C)C(=O)OC(C)(C)C)Oc1ccncc1B(O)O. The number of amides is 1. The van der Waals surface area contributed by atoms with Gasteiger partial charge in [0.1, 0.15) is 17.5 Å². The molecule has 0 aliphatic heterocycles. The summed E-state index contributed by atoms with van der Waals surface area (Å²) in [7, 11) is -0.0538. The molecule has 8 heteroatoms. The fraction of sp³-hybridized carbons (Fsp3) is 0.571. The first-order valence-corrected chi connectivity index (χ1v) is 7.01. The monoisotopic (exact) mass is 310 g/mol. The van der Waals surface area contributed by atoms with E-state index in [4.69, 9.17) is 9.47 Å². The molecule has 0 aliphatic rings. The van der Waals surface area contributed by atoms with Crippen molar-refractivity contribution >= 4 is 18.7 Å². The van der Waals surface area contributed by atoms with Crippen LogP contribution in [0.4, 0.5) is 4.79 Å². The highest BCUT2D eigenvalue weighted by molar-refractivity contribution is 6.59. The zero-order chi connectivity index (χ0) is 16.9. The second kappa shape index (κ2) is 7.46. The number of carbonyl (C=O) groups is 1. The van der Waals surface area contributed by atoms with Gasteiger partial charge in [0.25, 0.3) is 0 Å². The lowest BCUT2D eigenvalue weighted by Gasteiger charge is -2.27. The molecule has 7 nitrogen and oxygen atoms in total. The van der Waals surface area contributed by atoms with Gasteiger partial charge in [0.15, 0.2) is 0 Å². The Kier molecular flexibility index (Phi) is 6.19. The summed E-state index contributed by atoms with van der Waals surface area (Å²) >= 11 is 0. The summed E-state index contributed by atoms with van der Waals surface area (Å²) in [6.07, 6.45) is 2.01. The molecule has 0 aromatic carbocycles. The molecule has 0 radical (unpaired) electrons. The maximum Gasteiger partial charge on any atom is 0.493 e. The third kappa shape index (κ3) is 5.91. The van der Waals surface area contributed by atoms with Crippen LogP contribution in [0.15, 0.2) is 18.5 Å². The predicted octanol–water partition coefficient (Wildman–Crippen LogP) is 0.396. The van der Waals surface area contributed by atoms with Crippen LogP contribution in [0.2, 0.25) is 0 Å². The molecule has 22 heavy (non-hydrogen) atoms. The van der Waals surface area contributed by atoms with Crippen molar-refractivity contribution in [1.29, 1.82) is 0 Å². The second-order valence-electron chi connectivity index (χ2n) is 6.08. The lowest BCUT2D eigenvalue weighted by Crippen LogP contribution is -2.40. The van der Waals surface area contributed by atoms with Gasteiger partial charge in [-0.3, -0.25) is 4.98 Å². The predicted molar refractivity (Wildman–Crippen MR) is 83.0 cm³/mol. The van der Waals surface area contributed by atoms with E-state index in [2.05, 4.69) is 4.98 Å². The molecule has 0 saturated carbocycles. The highest BCUT2D eigenvalue weighted by Gasteiger charge is 2.23. The van der Waals surface area contributed by atoms with E-state index in [1.54, 1.807) is 40.8 Å². The van der Waals surface area contributed by atoms with Crippen molar-refractivity contribution in [3.63, 3.8) is 0 Å². The Morgan fingerprint density at radius 2 is 2.09 bits per heavy atom. The molecule has 1 atom stereocenters. The highest BCUT2D eigenvalue weighted by Crippen LogP contribution is 2.12. The van der Waals surface area contributed by atoms with Crippen LogP contribution in [0.5, 0.6) is 5.75 Å². The van der Waals surface area contributed by atoms with Crippen LogP contribution in [0, 0.1) is 0 Å². The van der Waals surface area contributed by atoms with Crippen molar-refractivity contribution in [3.8, 4) is 5.75 Å². The summed E-state index contributed by atoms with van der Waals surface area (Å²) in [5.74, 6) is 0.315. The van der Waals surface area contributed by atoms with Crippen molar-refractivity contribution in [2.45, 2.75) is 39.4 Å². The molecule has 1 rings (SSSR count). The van der Waals surface area contributed by atoms with Crippen LogP contribution in [-0.2, 0) is 4.74 Å². The summed E-state index contributed by atoms with van der Waals surface area (Å²) in [6, 6.07) is 1.54. The summed E-state index contributed by atoms with van der Waals surface area (Å²) in [4.78, 5) is 17.1. The minimum atomic E-state index is -1.67. The number of carbonyl (C=O) groups excluding carboxylic acids is 1. The van der Waals surface area contributed by atoms with Crippen LogP contribution >= 0.6 is 0 Å². The van der Waals surface area contributed by atoms with E-state index in [1.165, 1.54) is 17.3 Å². The number of nitrogens with zero attached hydrogens (tertiary/aromatic N) is 2. The van der Waals surface area contributed by atoms with Crippen molar-refractivity contribution in [2.24, 2.45) is 0 Å². The van der Waals surface area contributed by atoms with Gasteiger partial charge in [-0.1, -0.05) is 0 Å². The fourth-order valence-corrected chi connectivity index (χ4v) is 1.75. The van der Waals surface area contributed by atoms with Crippen molar-refractivity contribution in [3.05, 3.63) is 18.5 Å². The van der Waals surface area contributed by atoms with E-state index in [1.807, 2.05) is 0 Å². The fourth-order valence-electron chi connectivity index (χ4n) is 1.75. The topological polar surface area (TPSA) is 92.1 Å². The molecule has 1 heterocycles. The summed E-state index contributed by atoms with van der Waals surface area (Å²) in [5.41, 5.74) is -0.386. The van der Waals surface area contributed by atoms with E-state index >= 15 is 0 Å². The Morgan fingerprint density at radius 3 is 2.64 bits per heavy atom. The molecular formula is C14H23BN2O5. The van der Waals surface area contributed by atoms with Gasteiger partial charge >= 0.3 is 13.2 Å². The minimum Gasteiger partial charge on any atom is -0.489 e. The van der Waals surface area contributed by atoms with Gasteiger partial charge in [-0.25, -0.2) is 4.79 Å². The molecule has 1 aromatic heterocycles. The quantitative estimate of drug-likeness (QED) is 0.765. The van der Waals surface area contributed by atoms with Gasteiger partial charge < -0.3 is 24.4 Å². The average molecular weight is 310 g/mol. The molecule has 0 saturated heterocycles. The maximum absolute atomic E-state index is 11.9. The Bertz CT molecular complexity index is 504. The number of pyridine rings is 1. The summed E-state index contributed by atoms with van der Waals surface area (Å²) < 4.78 is 10.9. The molecule has 0 fully saturated rings. The van der Waals surface area contributed by atoms with Crippen LogP contribution in [0.25, 0.3) is 0 Å². The minimum absolute atomic E-state index is 0.175. The highest BCUT2D eigenvalue weighted by atomic mass is 16.6. The molecular weight excluding hydrogens is 287 g/mol. The van der Waals surface area contributed by atoms with Gasteiger partial charge in [0.05, 0.1) is 6.54 Å². The lowest BCUT2D eigenvalue weighted by atomic mass is 9.81. The normalized spacial score (nSPS) is 12.5. The molecule has 1 amide bonds. The number of hydrogen-bond acceptors (Lipinski definition) is 6. The molecule has 0 spiro atoms. The maximum atomic E-state index is 11.9. The number of rotatable bonds is 5. The number of likely N-dealkylation sites (N-methyl/N-ethyl adjacent to an activating group) is 1. The van der Waals surface area contributed by atoms with E-state index in [0.717, 1.165) is 0 Å². The second-order valence-corrected chi connectivity index (χ2v) is 6.08. The first-order chi connectivity index (χ1) is 10.1. The van der Waals surface area contributed by atoms with Crippen molar-refractivity contribution in [1.82, 2.24) is 9.88 Å². The standard InChI is InChI=1S/C14H23BN2O5/c1-10(9-17(5)13(18)22-14(2,3)4)21-12-6-7-16-8-11(12)15(19)20/h6-8,10,19-20H,9H2,1-5H3. The molecule has 1 aromatic rings. The van der Waals surface area contributed by atoms with E-state index in [-0.39, 0.29) is 18.1 Å². The molecule has 2 N–H and O–H groups in total. The van der Waals surface area contributed by atoms with Crippen molar-refractivity contribution < 1.29 is 24.3 Å². The van der Waals surface area contributed by atoms with Crippen LogP contribution in [0.3, 0.4) is 0 Å². The smallest absolute Gasteiger partial charge is 0.489 e. The van der Waals surface area contributed by atoms with Crippen LogP contribution in [-0.4, -0.2) is 58.4 Å². The molecule has 0 bridgehead atoms. The van der Waals surface area contributed by atoms with Crippen molar-refractivity contribution in [2.75, 3.05) is 13.6 Å². The zero-order valence-electron chi connectivity index (χ0n) is 13.6. The Morgan fingerprint density at radius 1 is 1.45 bits per heavy atom. The third-order valence-corrected chi connectivity index (χ3v) is 2.65. The number of ether oxygens (including phenoxy) is 2. The lowest BCUT2D eigenvalue weighted by molar-refractivity contribution is 0.0238. The van der Waals surface area contributed by atoms with Gasteiger partial charge in [-0.15, -0.1) is 0 Å². The summed E-state index contributed by atoms with van der Waals surface area (Å²) in [5, 5.41) is 18.5. The Hall–Kier alpha value is -1.80. The van der Waals surface area contributed by atoms with E-state index in [9.17, 15) is 14.8 Å². The van der Waals surface area contributed by atoms with Gasteiger partial charge in [0.2, 0.25) is 0 Å². The van der Waals surface area contributed by atoms with Gasteiger partial charge in [0, 0.05) is 24.9 Å². The first kappa shape index (κ1) is 18.3. The Labute approximate surface area is 131 Å². The van der Waals surface area contributed by atoms with Crippen LogP contribution in [0.1, 0.15) is 27.7 Å². The number of hydrogen-bond donors (Lipinski definition) is 2. The van der Waals surface area contributed by atoms with Gasteiger partial charge in [-0.05, 0) is 33.8 Å². The third-order valence-electron chi connectivity index (χ3n) is 2.65. The first-order valence-electron chi connectivity index (χ1n) is 7.01. The zero-order valence-corrected chi connectivity index (χ0v) is 13.6. The van der Waals surface area contributed by atoms with Crippen LogP contribution < -0.4 is 10.2 Å². The van der Waals surface area contributed by atoms with E-state index in [0.29, 0.717) is 5.75 Å². The largest absolute Gasteiger partial charge is 0.493 e.